The summed E-state index contributed by atoms with van der Waals surface area (Å²) in [5.74, 6) is 1.80. The third kappa shape index (κ3) is 0.862. The number of rotatable bonds is 2. The smallest absolute Gasteiger partial charge is 0.0622 e. The molecule has 5 aliphatic rings. The lowest BCUT2D eigenvalue weighted by Gasteiger charge is -2.46. The van der Waals surface area contributed by atoms with E-state index in [1.807, 2.05) is 13.8 Å². The van der Waals surface area contributed by atoms with E-state index < -0.39 is 5.60 Å². The van der Waals surface area contributed by atoms with Gasteiger partial charge in [0.05, 0.1) is 11.7 Å². The van der Waals surface area contributed by atoms with E-state index in [-0.39, 0.29) is 29.5 Å². The molecular weight excluding hydrogens is 228 g/mol. The zero-order valence-corrected chi connectivity index (χ0v) is 11.4. The van der Waals surface area contributed by atoms with E-state index >= 15 is 0 Å². The summed E-state index contributed by atoms with van der Waals surface area (Å²) in [4.78, 5) is 0. The summed E-state index contributed by atoms with van der Waals surface area (Å²) >= 11 is 0. The highest BCUT2D eigenvalue weighted by molar-refractivity contribution is 5.38. The van der Waals surface area contributed by atoms with Crippen molar-refractivity contribution < 1.29 is 15.3 Å². The Kier molecular flexibility index (Phi) is 1.83. The van der Waals surface area contributed by atoms with Gasteiger partial charge < -0.3 is 15.3 Å². The lowest BCUT2D eigenvalue weighted by atomic mass is 9.60. The molecule has 3 N–H and O–H groups in total. The number of aliphatic hydroxyl groups is 3. The first-order valence-electron chi connectivity index (χ1n) is 7.32. The first kappa shape index (κ1) is 11.7. The summed E-state index contributed by atoms with van der Waals surface area (Å²) in [5, 5.41) is 30.8. The predicted molar refractivity (Wildman–Crippen MR) is 66.6 cm³/mol. The van der Waals surface area contributed by atoms with Crippen LogP contribution in [0.1, 0.15) is 33.6 Å². The van der Waals surface area contributed by atoms with Gasteiger partial charge in [-0.1, -0.05) is 6.92 Å². The first-order valence-corrected chi connectivity index (χ1v) is 7.32. The van der Waals surface area contributed by atoms with E-state index in [0.717, 1.165) is 12.8 Å². The Hall–Kier alpha value is -0.120. The molecule has 8 atom stereocenters. The molecule has 5 aliphatic carbocycles. The van der Waals surface area contributed by atoms with Gasteiger partial charge in [0, 0.05) is 12.0 Å². The fourth-order valence-corrected chi connectivity index (χ4v) is 6.91. The van der Waals surface area contributed by atoms with Crippen LogP contribution in [-0.4, -0.2) is 33.6 Å². The highest BCUT2D eigenvalue weighted by Crippen LogP contribution is 2.91. The van der Waals surface area contributed by atoms with Crippen LogP contribution in [0.3, 0.4) is 0 Å². The summed E-state index contributed by atoms with van der Waals surface area (Å²) in [7, 11) is 0. The Balaban J connectivity index is 1.81. The summed E-state index contributed by atoms with van der Waals surface area (Å²) in [5.41, 5.74) is -0.558. The second-order valence-corrected chi connectivity index (χ2v) is 8.06. The molecule has 0 amide bonds. The normalized spacial score (nSPS) is 64.3. The first-order chi connectivity index (χ1) is 8.30. The minimum Gasteiger partial charge on any atom is -0.396 e. The zero-order chi connectivity index (χ0) is 13.1. The molecule has 0 aliphatic heterocycles. The topological polar surface area (TPSA) is 60.7 Å². The van der Waals surface area contributed by atoms with Gasteiger partial charge in [-0.25, -0.2) is 0 Å². The Morgan fingerprint density at radius 1 is 1.22 bits per heavy atom. The molecule has 0 unspecified atom stereocenters. The van der Waals surface area contributed by atoms with Crippen LogP contribution in [0.2, 0.25) is 0 Å². The molecule has 5 rings (SSSR count). The maximum Gasteiger partial charge on any atom is 0.0622 e. The average Bonchev–Trinajstić information content (AvgIpc) is 2.75. The van der Waals surface area contributed by atoms with Gasteiger partial charge in [-0.15, -0.1) is 0 Å². The highest BCUT2D eigenvalue weighted by Gasteiger charge is 2.92. The Morgan fingerprint density at radius 2 is 1.89 bits per heavy atom. The average molecular weight is 252 g/mol. The van der Waals surface area contributed by atoms with Crippen molar-refractivity contribution in [3.05, 3.63) is 0 Å². The SMILES string of the molecule is CC(C)(O)[C@H]1CC[C@@]2(C)[C@H]3[C@@H](O)[C@H]4[C@@H]([C@H]31)[C@]42CO. The summed E-state index contributed by atoms with van der Waals surface area (Å²) in [6.07, 6.45) is 1.86. The standard InChI is InChI=1S/C15H24O3/c1-13(2,18)7-4-5-14(3)10-8(7)9-11(12(10)17)15(9,14)6-16/h7-12,16-18H,4-6H2,1-3H3/t7-,8+,9+,10+,11+,12+,14-,15+/m0/s1. The molecular formula is C15H24O3. The fraction of sp³-hybridized carbons (Fsp3) is 1.00. The Morgan fingerprint density at radius 3 is 2.44 bits per heavy atom. The Bertz CT molecular complexity index is 414. The molecule has 0 radical (unpaired) electrons. The van der Waals surface area contributed by atoms with Crippen LogP contribution in [0.25, 0.3) is 0 Å². The predicted octanol–water partition coefficient (Wildman–Crippen LogP) is 1.02. The third-order valence-electron chi connectivity index (χ3n) is 7.44. The number of hydrogen-bond donors (Lipinski definition) is 3. The van der Waals surface area contributed by atoms with Crippen LogP contribution >= 0.6 is 0 Å². The van der Waals surface area contributed by atoms with Crippen LogP contribution in [0.4, 0.5) is 0 Å². The van der Waals surface area contributed by atoms with Gasteiger partial charge in [0.1, 0.15) is 0 Å². The summed E-state index contributed by atoms with van der Waals surface area (Å²) in [6.45, 7) is 6.32. The maximum atomic E-state index is 10.5. The molecule has 102 valence electrons. The monoisotopic (exact) mass is 252 g/mol. The number of hydrogen-bond acceptors (Lipinski definition) is 3. The van der Waals surface area contributed by atoms with E-state index in [9.17, 15) is 15.3 Å². The fourth-order valence-electron chi connectivity index (χ4n) is 6.91. The molecule has 3 nitrogen and oxygen atoms in total. The van der Waals surface area contributed by atoms with E-state index in [4.69, 9.17) is 0 Å². The molecule has 5 saturated carbocycles. The summed E-state index contributed by atoms with van der Waals surface area (Å²) < 4.78 is 0. The molecule has 0 aromatic rings. The van der Waals surface area contributed by atoms with Crippen molar-refractivity contribution in [2.45, 2.75) is 45.3 Å². The zero-order valence-electron chi connectivity index (χ0n) is 11.4. The van der Waals surface area contributed by atoms with Gasteiger partial charge in [-0.05, 0) is 61.7 Å². The van der Waals surface area contributed by atoms with Crippen molar-refractivity contribution in [1.29, 1.82) is 0 Å². The third-order valence-corrected chi connectivity index (χ3v) is 7.44. The van der Waals surface area contributed by atoms with E-state index in [2.05, 4.69) is 6.92 Å². The number of aliphatic hydroxyl groups excluding tert-OH is 2. The van der Waals surface area contributed by atoms with E-state index in [1.54, 1.807) is 0 Å². The molecule has 0 aromatic heterocycles. The van der Waals surface area contributed by atoms with Crippen molar-refractivity contribution in [2.75, 3.05) is 6.61 Å². The van der Waals surface area contributed by atoms with Crippen molar-refractivity contribution in [3.8, 4) is 0 Å². The minimum absolute atomic E-state index is 0.0122. The van der Waals surface area contributed by atoms with Crippen molar-refractivity contribution in [2.24, 2.45) is 40.4 Å². The minimum atomic E-state index is -0.660. The van der Waals surface area contributed by atoms with Gasteiger partial charge in [0.25, 0.3) is 0 Å². The molecule has 6 bridgehead atoms. The maximum absolute atomic E-state index is 10.5. The molecule has 0 heterocycles. The van der Waals surface area contributed by atoms with Crippen molar-refractivity contribution in [1.82, 2.24) is 0 Å². The quantitative estimate of drug-likeness (QED) is 0.687. The molecule has 0 spiro atoms. The lowest BCUT2D eigenvalue weighted by Crippen LogP contribution is -2.46. The van der Waals surface area contributed by atoms with E-state index in [1.165, 1.54) is 0 Å². The van der Waals surface area contributed by atoms with Crippen LogP contribution in [0.5, 0.6) is 0 Å². The Labute approximate surface area is 108 Å². The van der Waals surface area contributed by atoms with Gasteiger partial charge >= 0.3 is 0 Å². The van der Waals surface area contributed by atoms with Crippen LogP contribution in [-0.2, 0) is 0 Å². The van der Waals surface area contributed by atoms with Gasteiger partial charge in [-0.2, -0.15) is 0 Å². The van der Waals surface area contributed by atoms with Gasteiger partial charge in [-0.3, -0.25) is 0 Å². The largest absolute Gasteiger partial charge is 0.396 e. The van der Waals surface area contributed by atoms with Gasteiger partial charge in [0.15, 0.2) is 0 Å². The lowest BCUT2D eigenvalue weighted by molar-refractivity contribution is -0.0725. The van der Waals surface area contributed by atoms with Crippen molar-refractivity contribution >= 4 is 0 Å². The van der Waals surface area contributed by atoms with Crippen molar-refractivity contribution in [3.63, 3.8) is 0 Å². The van der Waals surface area contributed by atoms with E-state index in [0.29, 0.717) is 23.7 Å². The summed E-state index contributed by atoms with van der Waals surface area (Å²) in [6, 6.07) is 0. The van der Waals surface area contributed by atoms with Crippen LogP contribution in [0.15, 0.2) is 0 Å². The van der Waals surface area contributed by atoms with Crippen LogP contribution < -0.4 is 0 Å². The second-order valence-electron chi connectivity index (χ2n) is 8.06. The second kappa shape index (κ2) is 2.82. The molecule has 5 fully saturated rings. The molecule has 0 aromatic carbocycles. The molecule has 18 heavy (non-hydrogen) atoms. The van der Waals surface area contributed by atoms with Crippen LogP contribution in [0, 0.1) is 40.4 Å². The molecule has 0 saturated heterocycles. The van der Waals surface area contributed by atoms with Gasteiger partial charge in [0.2, 0.25) is 0 Å². The highest BCUT2D eigenvalue weighted by atomic mass is 16.3. The molecule has 3 heteroatoms.